The third kappa shape index (κ3) is 2.44. The summed E-state index contributed by atoms with van der Waals surface area (Å²) in [4.78, 5) is 13.8. The van der Waals surface area contributed by atoms with Crippen LogP contribution in [-0.2, 0) is 4.79 Å². The van der Waals surface area contributed by atoms with Crippen LogP contribution in [0.15, 0.2) is 12.1 Å². The molecule has 0 aliphatic heterocycles. The van der Waals surface area contributed by atoms with Crippen LogP contribution in [-0.4, -0.2) is 11.3 Å². The zero-order chi connectivity index (χ0) is 9.14. The summed E-state index contributed by atoms with van der Waals surface area (Å²) in [5, 5.41) is 0.750. The molecule has 0 radical (unpaired) electrons. The molecule has 1 aromatic rings. The number of hydrogen-bond donors (Lipinski definition) is 0. The number of carbonyl (C=O) groups excluding carboxylic acids is 1. The number of aromatic nitrogens is 1. The fraction of sp³-hybridized carbons (Fsp3) is 0.143. The van der Waals surface area contributed by atoms with Crippen LogP contribution in [0.2, 0.25) is 10.2 Å². The van der Waals surface area contributed by atoms with Gasteiger partial charge in [0.2, 0.25) is 0 Å². The highest BCUT2D eigenvalue weighted by Gasteiger charge is 2.08. The number of alkyl halides is 1. The highest BCUT2D eigenvalue weighted by Crippen LogP contribution is 2.23. The average molecular weight is 269 g/mol. The maximum absolute atomic E-state index is 10.4. The van der Waals surface area contributed by atoms with E-state index in [4.69, 9.17) is 23.2 Å². The highest BCUT2D eigenvalue weighted by molar-refractivity contribution is 9.09. The SMILES string of the molecule is O=CC(Br)c1cc(Cl)cc(Cl)n1. The summed E-state index contributed by atoms with van der Waals surface area (Å²) in [6, 6.07) is 3.10. The molecule has 2 nitrogen and oxygen atoms in total. The second-order valence-electron chi connectivity index (χ2n) is 2.07. The third-order valence-electron chi connectivity index (χ3n) is 1.18. The molecule has 0 spiro atoms. The molecule has 1 atom stereocenters. The molecule has 0 bridgehead atoms. The fourth-order valence-corrected chi connectivity index (χ4v) is 1.42. The van der Waals surface area contributed by atoms with Gasteiger partial charge in [0.25, 0.3) is 0 Å². The fourth-order valence-electron chi connectivity index (χ4n) is 0.696. The second-order valence-corrected chi connectivity index (χ2v) is 3.88. The molecule has 1 heterocycles. The lowest BCUT2D eigenvalue weighted by atomic mass is 10.3. The van der Waals surface area contributed by atoms with Crippen molar-refractivity contribution in [2.45, 2.75) is 4.83 Å². The summed E-state index contributed by atoms with van der Waals surface area (Å²) in [5.41, 5.74) is 0.516. The molecule has 0 amide bonds. The van der Waals surface area contributed by atoms with Crippen molar-refractivity contribution in [1.82, 2.24) is 4.98 Å². The van der Waals surface area contributed by atoms with Crippen molar-refractivity contribution < 1.29 is 4.79 Å². The van der Waals surface area contributed by atoms with Crippen LogP contribution >= 0.6 is 39.1 Å². The van der Waals surface area contributed by atoms with E-state index in [-0.39, 0.29) is 5.15 Å². The van der Waals surface area contributed by atoms with E-state index in [0.29, 0.717) is 10.7 Å². The lowest BCUT2D eigenvalue weighted by Crippen LogP contribution is -1.94. The number of carbonyl (C=O) groups is 1. The largest absolute Gasteiger partial charge is 0.302 e. The first kappa shape index (κ1) is 9.96. The molecule has 1 rings (SSSR count). The van der Waals surface area contributed by atoms with E-state index in [0.717, 1.165) is 6.29 Å². The molecular weight excluding hydrogens is 265 g/mol. The van der Waals surface area contributed by atoms with Crippen LogP contribution in [0.5, 0.6) is 0 Å². The Hall–Kier alpha value is -0.120. The highest BCUT2D eigenvalue weighted by atomic mass is 79.9. The Kier molecular flexibility index (Phi) is 3.50. The van der Waals surface area contributed by atoms with Gasteiger partial charge in [0.05, 0.1) is 5.69 Å². The van der Waals surface area contributed by atoms with Crippen LogP contribution < -0.4 is 0 Å². The average Bonchev–Trinajstić information content (AvgIpc) is 2.01. The van der Waals surface area contributed by atoms with Crippen molar-refractivity contribution in [3.63, 3.8) is 0 Å². The lowest BCUT2D eigenvalue weighted by Gasteiger charge is -2.01. The molecule has 5 heteroatoms. The number of aldehydes is 1. The summed E-state index contributed by atoms with van der Waals surface area (Å²) in [6.45, 7) is 0. The molecule has 0 saturated heterocycles. The Bertz CT molecular complexity index is 285. The number of rotatable bonds is 2. The Morgan fingerprint density at radius 2 is 2.17 bits per heavy atom. The summed E-state index contributed by atoms with van der Waals surface area (Å²) >= 11 is 14.4. The predicted octanol–water partition coefficient (Wildman–Crippen LogP) is 3.02. The lowest BCUT2D eigenvalue weighted by molar-refractivity contribution is -0.107. The Morgan fingerprint density at radius 3 is 2.67 bits per heavy atom. The minimum absolute atomic E-state index is 0.281. The molecule has 1 unspecified atom stereocenters. The van der Waals surface area contributed by atoms with Crippen LogP contribution in [0, 0.1) is 0 Å². The van der Waals surface area contributed by atoms with E-state index in [2.05, 4.69) is 20.9 Å². The van der Waals surface area contributed by atoms with Gasteiger partial charge in [0.1, 0.15) is 16.3 Å². The minimum atomic E-state index is -0.450. The van der Waals surface area contributed by atoms with Gasteiger partial charge in [-0.25, -0.2) is 4.98 Å². The van der Waals surface area contributed by atoms with Crippen LogP contribution in [0.25, 0.3) is 0 Å². The van der Waals surface area contributed by atoms with E-state index in [9.17, 15) is 4.79 Å². The first-order valence-corrected chi connectivity index (χ1v) is 4.73. The summed E-state index contributed by atoms with van der Waals surface area (Å²) in [5.74, 6) is 0. The van der Waals surface area contributed by atoms with Gasteiger partial charge in [-0.15, -0.1) is 0 Å². The standard InChI is InChI=1S/C7H4BrCl2NO/c8-5(3-12)6-1-4(9)2-7(10)11-6/h1-3,5H. The molecule has 0 fully saturated rings. The number of pyridine rings is 1. The van der Waals surface area contributed by atoms with Crippen molar-refractivity contribution in [2.75, 3.05) is 0 Å². The zero-order valence-corrected chi connectivity index (χ0v) is 8.90. The molecule has 0 saturated carbocycles. The normalized spacial score (nSPS) is 12.6. The number of hydrogen-bond acceptors (Lipinski definition) is 2. The van der Waals surface area contributed by atoms with Gasteiger partial charge >= 0.3 is 0 Å². The third-order valence-corrected chi connectivity index (χ3v) is 2.28. The van der Waals surface area contributed by atoms with Crippen molar-refractivity contribution in [3.05, 3.63) is 28.0 Å². The molecule has 0 aliphatic carbocycles. The van der Waals surface area contributed by atoms with E-state index >= 15 is 0 Å². The topological polar surface area (TPSA) is 30.0 Å². The molecule has 0 aromatic carbocycles. The summed E-state index contributed by atoms with van der Waals surface area (Å²) < 4.78 is 0. The maximum Gasteiger partial charge on any atom is 0.139 e. The number of nitrogens with zero attached hydrogens (tertiary/aromatic N) is 1. The monoisotopic (exact) mass is 267 g/mol. The van der Waals surface area contributed by atoms with E-state index in [1.807, 2.05) is 0 Å². The van der Waals surface area contributed by atoms with Crippen LogP contribution in [0.1, 0.15) is 10.5 Å². The van der Waals surface area contributed by atoms with Gasteiger partial charge in [-0.05, 0) is 12.1 Å². The first-order chi connectivity index (χ1) is 5.63. The first-order valence-electron chi connectivity index (χ1n) is 3.06. The Balaban J connectivity index is 3.08. The van der Waals surface area contributed by atoms with Crippen molar-refractivity contribution in [1.29, 1.82) is 0 Å². The van der Waals surface area contributed by atoms with Gasteiger partial charge in [-0.1, -0.05) is 39.1 Å². The van der Waals surface area contributed by atoms with Crippen LogP contribution in [0.3, 0.4) is 0 Å². The van der Waals surface area contributed by atoms with Crippen molar-refractivity contribution >= 4 is 45.4 Å². The smallest absolute Gasteiger partial charge is 0.139 e. The summed E-state index contributed by atoms with van der Waals surface area (Å²) in [7, 11) is 0. The van der Waals surface area contributed by atoms with E-state index in [1.165, 1.54) is 6.07 Å². The zero-order valence-electron chi connectivity index (χ0n) is 5.80. The van der Waals surface area contributed by atoms with Gasteiger partial charge in [0, 0.05) is 5.02 Å². The quantitative estimate of drug-likeness (QED) is 0.469. The van der Waals surface area contributed by atoms with Crippen molar-refractivity contribution in [2.24, 2.45) is 0 Å². The Labute approximate surface area is 88.0 Å². The van der Waals surface area contributed by atoms with E-state index < -0.39 is 4.83 Å². The van der Waals surface area contributed by atoms with Gasteiger partial charge in [0.15, 0.2) is 0 Å². The van der Waals surface area contributed by atoms with Gasteiger partial charge in [-0.2, -0.15) is 0 Å². The Morgan fingerprint density at radius 1 is 1.50 bits per heavy atom. The molecule has 64 valence electrons. The number of halogens is 3. The summed E-state index contributed by atoms with van der Waals surface area (Å²) in [6.07, 6.45) is 0.717. The molecular formula is C7H4BrCl2NO. The van der Waals surface area contributed by atoms with Crippen LogP contribution in [0.4, 0.5) is 0 Å². The van der Waals surface area contributed by atoms with E-state index in [1.54, 1.807) is 6.07 Å². The minimum Gasteiger partial charge on any atom is -0.302 e. The van der Waals surface area contributed by atoms with Gasteiger partial charge in [-0.3, -0.25) is 0 Å². The molecule has 1 aromatic heterocycles. The predicted molar refractivity (Wildman–Crippen MR) is 52.0 cm³/mol. The molecule has 0 N–H and O–H groups in total. The maximum atomic E-state index is 10.4. The molecule has 0 aliphatic rings. The van der Waals surface area contributed by atoms with Crippen molar-refractivity contribution in [3.8, 4) is 0 Å². The second kappa shape index (κ2) is 4.21. The van der Waals surface area contributed by atoms with Gasteiger partial charge < -0.3 is 4.79 Å². The molecule has 12 heavy (non-hydrogen) atoms.